The Bertz CT molecular complexity index is 550. The molecular weight excluding hydrogens is 243 g/mol. The fourth-order valence-corrected chi connectivity index (χ4v) is 2.08. The Morgan fingerprint density at radius 2 is 2.11 bits per heavy atom. The Labute approximate surface area is 112 Å². The predicted molar refractivity (Wildman–Crippen MR) is 72.7 cm³/mol. The molecule has 4 nitrogen and oxygen atoms in total. The number of hydrogen-bond acceptors (Lipinski definition) is 3. The van der Waals surface area contributed by atoms with Crippen molar-refractivity contribution in [3.63, 3.8) is 0 Å². The van der Waals surface area contributed by atoms with E-state index < -0.39 is 0 Å². The standard InChI is InChI=1S/C14H19FN4/c1-18(10-14-17-5-6-19(14)2)9-12-7-13(15)4-3-11(12)8-16/h3-7H,8-10,16H2,1-2H3. The van der Waals surface area contributed by atoms with Gasteiger partial charge in [-0.25, -0.2) is 9.37 Å². The highest BCUT2D eigenvalue weighted by molar-refractivity contribution is 5.27. The quantitative estimate of drug-likeness (QED) is 0.891. The minimum absolute atomic E-state index is 0.224. The van der Waals surface area contributed by atoms with Crippen molar-refractivity contribution in [2.75, 3.05) is 7.05 Å². The molecule has 0 saturated carbocycles. The molecule has 2 rings (SSSR count). The van der Waals surface area contributed by atoms with Crippen LogP contribution in [0.15, 0.2) is 30.6 Å². The van der Waals surface area contributed by atoms with Gasteiger partial charge < -0.3 is 10.3 Å². The summed E-state index contributed by atoms with van der Waals surface area (Å²) in [6.45, 7) is 1.78. The average molecular weight is 262 g/mol. The molecule has 0 bridgehead atoms. The number of benzene rings is 1. The van der Waals surface area contributed by atoms with Gasteiger partial charge >= 0.3 is 0 Å². The van der Waals surface area contributed by atoms with E-state index in [1.807, 2.05) is 24.9 Å². The van der Waals surface area contributed by atoms with Gasteiger partial charge in [0, 0.05) is 32.5 Å². The molecule has 102 valence electrons. The van der Waals surface area contributed by atoms with Crippen LogP contribution in [0.4, 0.5) is 4.39 Å². The lowest BCUT2D eigenvalue weighted by Crippen LogP contribution is -2.20. The van der Waals surface area contributed by atoms with E-state index in [0.29, 0.717) is 19.6 Å². The van der Waals surface area contributed by atoms with Gasteiger partial charge in [-0.05, 0) is 30.3 Å². The summed E-state index contributed by atoms with van der Waals surface area (Å²) in [5, 5.41) is 0. The van der Waals surface area contributed by atoms with Crippen LogP contribution in [-0.4, -0.2) is 21.5 Å². The number of imidazole rings is 1. The van der Waals surface area contributed by atoms with E-state index in [-0.39, 0.29) is 5.82 Å². The van der Waals surface area contributed by atoms with Crippen LogP contribution in [0, 0.1) is 5.82 Å². The molecule has 0 atom stereocenters. The molecule has 2 N–H and O–H groups in total. The topological polar surface area (TPSA) is 47.1 Å². The summed E-state index contributed by atoms with van der Waals surface area (Å²) in [6.07, 6.45) is 3.69. The van der Waals surface area contributed by atoms with Crippen LogP contribution in [0.25, 0.3) is 0 Å². The lowest BCUT2D eigenvalue weighted by Gasteiger charge is -2.18. The summed E-state index contributed by atoms with van der Waals surface area (Å²) in [7, 11) is 3.95. The molecular formula is C14H19FN4. The normalized spacial score (nSPS) is 11.2. The summed E-state index contributed by atoms with van der Waals surface area (Å²) in [6, 6.07) is 4.75. The maximum atomic E-state index is 13.3. The predicted octanol–water partition coefficient (Wildman–Crippen LogP) is 1.65. The highest BCUT2D eigenvalue weighted by atomic mass is 19.1. The van der Waals surface area contributed by atoms with Crippen molar-refractivity contribution < 1.29 is 4.39 Å². The van der Waals surface area contributed by atoms with Crippen LogP contribution in [0.5, 0.6) is 0 Å². The fourth-order valence-electron chi connectivity index (χ4n) is 2.08. The molecule has 0 unspecified atom stereocenters. The lowest BCUT2D eigenvalue weighted by molar-refractivity contribution is 0.305. The van der Waals surface area contributed by atoms with Crippen LogP contribution in [0.3, 0.4) is 0 Å². The van der Waals surface area contributed by atoms with Crippen molar-refractivity contribution in [1.29, 1.82) is 0 Å². The second-order valence-electron chi connectivity index (χ2n) is 4.74. The Kier molecular flexibility index (Phi) is 4.29. The molecule has 0 spiro atoms. The van der Waals surface area contributed by atoms with Crippen molar-refractivity contribution in [2.24, 2.45) is 12.8 Å². The molecule has 1 aromatic carbocycles. The Balaban J connectivity index is 2.08. The number of nitrogens with zero attached hydrogens (tertiary/aromatic N) is 3. The van der Waals surface area contributed by atoms with E-state index >= 15 is 0 Å². The smallest absolute Gasteiger partial charge is 0.123 e. The maximum Gasteiger partial charge on any atom is 0.123 e. The third-order valence-electron chi connectivity index (χ3n) is 3.16. The van der Waals surface area contributed by atoms with Gasteiger partial charge in [0.15, 0.2) is 0 Å². The number of aromatic nitrogens is 2. The molecule has 0 saturated heterocycles. The Morgan fingerprint density at radius 3 is 2.74 bits per heavy atom. The monoisotopic (exact) mass is 262 g/mol. The summed E-state index contributed by atoms with van der Waals surface area (Å²) < 4.78 is 15.3. The van der Waals surface area contributed by atoms with E-state index in [9.17, 15) is 4.39 Å². The molecule has 5 heteroatoms. The van der Waals surface area contributed by atoms with Crippen molar-refractivity contribution >= 4 is 0 Å². The number of hydrogen-bond donors (Lipinski definition) is 1. The maximum absolute atomic E-state index is 13.3. The van der Waals surface area contributed by atoms with E-state index in [4.69, 9.17) is 5.73 Å². The van der Waals surface area contributed by atoms with Crippen LogP contribution in [0.2, 0.25) is 0 Å². The van der Waals surface area contributed by atoms with E-state index in [1.54, 1.807) is 18.3 Å². The second kappa shape index (κ2) is 5.95. The molecule has 1 aromatic heterocycles. The van der Waals surface area contributed by atoms with Crippen LogP contribution in [-0.2, 0) is 26.7 Å². The van der Waals surface area contributed by atoms with Crippen molar-refractivity contribution in [2.45, 2.75) is 19.6 Å². The summed E-state index contributed by atoms with van der Waals surface area (Å²) in [5.41, 5.74) is 7.59. The molecule has 0 aliphatic carbocycles. The number of halogens is 1. The SMILES string of the molecule is CN(Cc1cc(F)ccc1CN)Cc1nccn1C. The lowest BCUT2D eigenvalue weighted by atomic mass is 10.1. The zero-order valence-electron chi connectivity index (χ0n) is 11.3. The number of nitrogens with two attached hydrogens (primary N) is 1. The molecule has 0 radical (unpaired) electrons. The van der Waals surface area contributed by atoms with Gasteiger partial charge in [0.2, 0.25) is 0 Å². The van der Waals surface area contributed by atoms with Gasteiger partial charge in [0.1, 0.15) is 11.6 Å². The highest BCUT2D eigenvalue weighted by Gasteiger charge is 2.09. The molecule has 2 aromatic rings. The van der Waals surface area contributed by atoms with Gasteiger partial charge in [0.25, 0.3) is 0 Å². The molecule has 1 heterocycles. The molecule has 0 aliphatic rings. The van der Waals surface area contributed by atoms with Gasteiger partial charge in [-0.15, -0.1) is 0 Å². The fraction of sp³-hybridized carbons (Fsp3) is 0.357. The molecule has 0 fully saturated rings. The largest absolute Gasteiger partial charge is 0.337 e. The van der Waals surface area contributed by atoms with E-state index in [1.165, 1.54) is 6.07 Å². The first-order chi connectivity index (χ1) is 9.10. The molecule has 0 amide bonds. The number of aryl methyl sites for hydroxylation is 1. The third kappa shape index (κ3) is 3.39. The Hall–Kier alpha value is -1.72. The zero-order valence-corrected chi connectivity index (χ0v) is 11.3. The average Bonchev–Trinajstić information content (AvgIpc) is 2.75. The summed E-state index contributed by atoms with van der Waals surface area (Å²) in [5.74, 6) is 0.755. The van der Waals surface area contributed by atoms with Crippen molar-refractivity contribution in [3.05, 3.63) is 53.4 Å². The minimum atomic E-state index is -0.224. The van der Waals surface area contributed by atoms with E-state index in [0.717, 1.165) is 17.0 Å². The van der Waals surface area contributed by atoms with Gasteiger partial charge in [-0.3, -0.25) is 4.90 Å². The van der Waals surface area contributed by atoms with Gasteiger partial charge in [-0.2, -0.15) is 0 Å². The van der Waals surface area contributed by atoms with E-state index in [2.05, 4.69) is 9.88 Å². The summed E-state index contributed by atoms with van der Waals surface area (Å²) >= 11 is 0. The van der Waals surface area contributed by atoms with Crippen LogP contribution >= 0.6 is 0 Å². The second-order valence-corrected chi connectivity index (χ2v) is 4.74. The summed E-state index contributed by atoms with van der Waals surface area (Å²) in [4.78, 5) is 6.37. The first-order valence-electron chi connectivity index (χ1n) is 6.22. The van der Waals surface area contributed by atoms with Crippen molar-refractivity contribution in [3.8, 4) is 0 Å². The zero-order chi connectivity index (χ0) is 13.8. The third-order valence-corrected chi connectivity index (χ3v) is 3.16. The molecule has 0 aliphatic heterocycles. The highest BCUT2D eigenvalue weighted by Crippen LogP contribution is 2.14. The minimum Gasteiger partial charge on any atom is -0.337 e. The first kappa shape index (κ1) is 13.7. The van der Waals surface area contributed by atoms with Gasteiger partial charge in [-0.1, -0.05) is 6.07 Å². The number of rotatable bonds is 5. The van der Waals surface area contributed by atoms with Crippen molar-refractivity contribution in [1.82, 2.24) is 14.5 Å². The van der Waals surface area contributed by atoms with Crippen LogP contribution < -0.4 is 5.73 Å². The van der Waals surface area contributed by atoms with Gasteiger partial charge in [0.05, 0.1) is 6.54 Å². The molecule has 19 heavy (non-hydrogen) atoms. The first-order valence-corrected chi connectivity index (χ1v) is 6.22. The Morgan fingerprint density at radius 1 is 1.32 bits per heavy atom. The van der Waals surface area contributed by atoms with Crippen LogP contribution in [0.1, 0.15) is 17.0 Å².